The number of ether oxygens (including phenoxy) is 2. The van der Waals surface area contributed by atoms with E-state index in [1.807, 2.05) is 0 Å². The molecule has 2 aromatic rings. The van der Waals surface area contributed by atoms with Crippen LogP contribution in [0.1, 0.15) is 60.8 Å². The number of allylic oxidation sites excluding steroid dienone is 1. The molecule has 5 heteroatoms. The Labute approximate surface area is 227 Å². The van der Waals surface area contributed by atoms with Gasteiger partial charge in [0.05, 0.1) is 13.2 Å². The Bertz CT molecular complexity index is 903. The van der Waals surface area contributed by atoms with Crippen molar-refractivity contribution in [1.29, 1.82) is 0 Å². The van der Waals surface area contributed by atoms with Gasteiger partial charge in [-0.3, -0.25) is 0 Å². The molecule has 0 N–H and O–H groups in total. The van der Waals surface area contributed by atoms with Gasteiger partial charge in [0, 0.05) is 24.9 Å². The lowest BCUT2D eigenvalue weighted by Gasteiger charge is -2.45. The highest BCUT2D eigenvalue weighted by Crippen LogP contribution is 2.40. The lowest BCUT2D eigenvalue weighted by molar-refractivity contribution is -0.307. The quantitative estimate of drug-likeness (QED) is 0.164. The zero-order valence-electron chi connectivity index (χ0n) is 22.4. The van der Waals surface area contributed by atoms with Crippen LogP contribution in [0, 0.1) is 11.3 Å². The molecule has 3 rings (SSSR count). The largest absolute Gasteiger partial charge is 0.407 e. The molecule has 1 heterocycles. The average Bonchev–Trinajstić information content (AvgIpc) is 2.81. The van der Waals surface area contributed by atoms with Gasteiger partial charge in [0.1, 0.15) is 0 Å². The summed E-state index contributed by atoms with van der Waals surface area (Å²) < 4.78 is 21.2. The van der Waals surface area contributed by atoms with E-state index in [0.29, 0.717) is 25.7 Å². The van der Waals surface area contributed by atoms with Crippen molar-refractivity contribution in [3.63, 3.8) is 0 Å². The standard InChI is InChI=1S/C30H43IO3Si/c1-24(25(2)31)21-30(32-22-29(6,7)23-33-30)19-14-20-34-35(28(3,4)5,26-15-10-8-11-16-26)27-17-12-9-13-18-27/h8-13,15-18,24H,2,14,19-23H2,1,3-7H3/t24-/m1/s1. The van der Waals surface area contributed by atoms with Gasteiger partial charge in [0.2, 0.25) is 0 Å². The fraction of sp³-hybridized carbons (Fsp3) is 0.533. The van der Waals surface area contributed by atoms with Gasteiger partial charge < -0.3 is 13.9 Å². The lowest BCUT2D eigenvalue weighted by Crippen LogP contribution is -2.66. The predicted octanol–water partition coefficient (Wildman–Crippen LogP) is 7.09. The van der Waals surface area contributed by atoms with Crippen molar-refractivity contribution in [1.82, 2.24) is 0 Å². The first-order valence-electron chi connectivity index (χ1n) is 12.8. The van der Waals surface area contributed by atoms with E-state index in [1.165, 1.54) is 10.4 Å². The molecule has 192 valence electrons. The smallest absolute Gasteiger partial charge is 0.261 e. The van der Waals surface area contributed by atoms with Crippen molar-refractivity contribution in [3.8, 4) is 0 Å². The summed E-state index contributed by atoms with van der Waals surface area (Å²) in [5.74, 6) is -0.243. The van der Waals surface area contributed by atoms with Crippen LogP contribution in [-0.2, 0) is 13.9 Å². The maximum Gasteiger partial charge on any atom is 0.261 e. The monoisotopic (exact) mass is 606 g/mol. The minimum absolute atomic E-state index is 0.0251. The summed E-state index contributed by atoms with van der Waals surface area (Å²) in [6, 6.07) is 21.7. The molecule has 0 saturated carbocycles. The zero-order chi connectivity index (χ0) is 25.7. The van der Waals surface area contributed by atoms with Crippen LogP contribution in [0.4, 0.5) is 0 Å². The number of rotatable bonds is 10. The molecular formula is C30H43IO3Si. The zero-order valence-corrected chi connectivity index (χ0v) is 25.6. The number of hydrogen-bond acceptors (Lipinski definition) is 3. The maximum atomic E-state index is 7.10. The van der Waals surface area contributed by atoms with Crippen LogP contribution in [0.15, 0.2) is 70.8 Å². The highest BCUT2D eigenvalue weighted by molar-refractivity contribution is 14.1. The van der Waals surface area contributed by atoms with Crippen LogP contribution in [0.5, 0.6) is 0 Å². The van der Waals surface area contributed by atoms with E-state index in [0.717, 1.165) is 22.8 Å². The third kappa shape index (κ3) is 6.86. The van der Waals surface area contributed by atoms with Gasteiger partial charge in [0.15, 0.2) is 5.79 Å². The summed E-state index contributed by atoms with van der Waals surface area (Å²) in [7, 11) is -2.53. The first-order valence-corrected chi connectivity index (χ1v) is 15.8. The van der Waals surface area contributed by atoms with E-state index in [1.54, 1.807) is 0 Å². The summed E-state index contributed by atoms with van der Waals surface area (Å²) >= 11 is 2.33. The Kier molecular flexibility index (Phi) is 9.47. The van der Waals surface area contributed by atoms with E-state index in [4.69, 9.17) is 13.9 Å². The lowest BCUT2D eigenvalue weighted by atomic mass is 9.91. The molecule has 1 saturated heterocycles. The first kappa shape index (κ1) is 28.6. The van der Waals surface area contributed by atoms with Gasteiger partial charge in [-0.2, -0.15) is 0 Å². The van der Waals surface area contributed by atoms with Crippen molar-refractivity contribution >= 4 is 41.3 Å². The molecule has 0 aliphatic carbocycles. The van der Waals surface area contributed by atoms with Crippen LogP contribution >= 0.6 is 22.6 Å². The molecule has 1 aliphatic heterocycles. The normalized spacial score (nSPS) is 18.7. The second kappa shape index (κ2) is 11.6. The maximum absolute atomic E-state index is 7.10. The molecule has 0 bridgehead atoms. The van der Waals surface area contributed by atoms with E-state index in [2.05, 4.69) is 131 Å². The Morgan fingerprint density at radius 1 is 1.00 bits per heavy atom. The summed E-state index contributed by atoms with van der Waals surface area (Å²) in [4.78, 5) is 0. The van der Waals surface area contributed by atoms with E-state index < -0.39 is 14.1 Å². The Hall–Kier alpha value is -0.993. The highest BCUT2D eigenvalue weighted by Gasteiger charge is 2.50. The third-order valence-electron chi connectivity index (χ3n) is 7.04. The molecule has 0 amide bonds. The Balaban J connectivity index is 1.83. The van der Waals surface area contributed by atoms with Crippen LogP contribution in [-0.4, -0.2) is 33.9 Å². The Morgan fingerprint density at radius 2 is 1.49 bits per heavy atom. The van der Waals surface area contributed by atoms with Gasteiger partial charge in [0.25, 0.3) is 8.32 Å². The van der Waals surface area contributed by atoms with Crippen molar-refractivity contribution in [2.45, 2.75) is 71.6 Å². The van der Waals surface area contributed by atoms with Gasteiger partial charge in [-0.25, -0.2) is 0 Å². The van der Waals surface area contributed by atoms with Gasteiger partial charge in [-0.1, -0.05) is 109 Å². The molecule has 0 aromatic heterocycles. The topological polar surface area (TPSA) is 27.7 Å². The van der Waals surface area contributed by atoms with Gasteiger partial charge >= 0.3 is 0 Å². The van der Waals surface area contributed by atoms with Crippen molar-refractivity contribution in [2.24, 2.45) is 11.3 Å². The molecule has 0 spiro atoms. The van der Waals surface area contributed by atoms with Crippen molar-refractivity contribution in [3.05, 3.63) is 70.8 Å². The van der Waals surface area contributed by atoms with Crippen LogP contribution < -0.4 is 10.4 Å². The highest BCUT2D eigenvalue weighted by atomic mass is 127. The fourth-order valence-corrected chi connectivity index (χ4v) is 9.83. The van der Waals surface area contributed by atoms with Crippen molar-refractivity contribution < 1.29 is 13.9 Å². The molecule has 1 atom stereocenters. The van der Waals surface area contributed by atoms with Crippen LogP contribution in [0.25, 0.3) is 0 Å². The minimum atomic E-state index is -2.53. The average molecular weight is 607 g/mol. The number of benzene rings is 2. The van der Waals surface area contributed by atoms with E-state index >= 15 is 0 Å². The van der Waals surface area contributed by atoms with Gasteiger partial charge in [-0.15, -0.1) is 0 Å². The molecule has 0 radical (unpaired) electrons. The third-order valence-corrected chi connectivity index (χ3v) is 13.1. The Morgan fingerprint density at radius 3 is 1.91 bits per heavy atom. The molecule has 1 fully saturated rings. The molecule has 35 heavy (non-hydrogen) atoms. The first-order chi connectivity index (χ1) is 16.4. The summed E-state index contributed by atoms with van der Waals surface area (Å²) in [5.41, 5.74) is 0.0412. The summed E-state index contributed by atoms with van der Waals surface area (Å²) in [6.45, 7) is 19.8. The molecule has 1 aliphatic rings. The predicted molar refractivity (Wildman–Crippen MR) is 158 cm³/mol. The minimum Gasteiger partial charge on any atom is -0.407 e. The van der Waals surface area contributed by atoms with E-state index in [9.17, 15) is 0 Å². The SMILES string of the molecule is C=C(I)[C@H](C)CC1(CCCO[Si](c2ccccc2)(c2ccccc2)C(C)(C)C)OCC(C)(C)CO1. The summed E-state index contributed by atoms with van der Waals surface area (Å²) in [6.07, 6.45) is 2.52. The summed E-state index contributed by atoms with van der Waals surface area (Å²) in [5, 5.41) is 2.60. The molecule has 3 nitrogen and oxygen atoms in total. The number of hydrogen-bond donors (Lipinski definition) is 0. The molecular weight excluding hydrogens is 563 g/mol. The van der Waals surface area contributed by atoms with Crippen LogP contribution in [0.3, 0.4) is 0 Å². The van der Waals surface area contributed by atoms with Crippen LogP contribution in [0.2, 0.25) is 5.04 Å². The fourth-order valence-electron chi connectivity index (χ4n) is 5.01. The van der Waals surface area contributed by atoms with Gasteiger partial charge in [-0.05, 0) is 53.9 Å². The molecule has 2 aromatic carbocycles. The van der Waals surface area contributed by atoms with Crippen molar-refractivity contribution in [2.75, 3.05) is 19.8 Å². The second-order valence-electron chi connectivity index (χ2n) is 11.8. The second-order valence-corrected chi connectivity index (χ2v) is 17.5. The van der Waals surface area contributed by atoms with E-state index in [-0.39, 0.29) is 10.5 Å². The number of halogens is 1. The molecule has 0 unspecified atom stereocenters.